The SMILES string of the molecule is CCCCc1nc2cc(CCc3ccccc3)c(C(OC)OC)nc2n1Cc1ccc(-c2ccccc2)c(-c2nnn[nH]2)c1. The van der Waals surface area contributed by atoms with Crippen molar-refractivity contribution in [1.29, 1.82) is 0 Å². The molecule has 0 aliphatic rings. The standard InChI is InChI=1S/C35H37N7O2/c1-4-5-16-31-36-30-22-27(19-17-24-12-8-6-9-13-24)32(35(43-2)44-3)37-34(30)42(31)23-25-18-20-28(26-14-10-7-11-15-26)29(21-25)33-38-40-41-39-33/h6-15,18,20-22,35H,4-5,16-17,19,23H2,1-3H3,(H,38,39,40,41). The van der Waals surface area contributed by atoms with Crippen molar-refractivity contribution in [3.8, 4) is 22.5 Å². The molecule has 0 spiro atoms. The number of rotatable bonds is 13. The van der Waals surface area contributed by atoms with Gasteiger partial charge in [-0.05, 0) is 69.6 Å². The first-order valence-corrected chi connectivity index (χ1v) is 15.1. The predicted octanol–water partition coefficient (Wildman–Crippen LogP) is 6.75. The van der Waals surface area contributed by atoms with Crippen molar-refractivity contribution in [1.82, 2.24) is 35.2 Å². The molecule has 0 unspecified atom stereocenters. The van der Waals surface area contributed by atoms with Gasteiger partial charge in [0.1, 0.15) is 17.0 Å². The van der Waals surface area contributed by atoms with E-state index in [0.717, 1.165) is 82.6 Å². The molecule has 9 nitrogen and oxygen atoms in total. The highest BCUT2D eigenvalue weighted by Gasteiger charge is 2.22. The molecule has 9 heteroatoms. The number of fused-ring (bicyclic) bond motifs is 1. The average molecular weight is 588 g/mol. The summed E-state index contributed by atoms with van der Waals surface area (Å²) in [6.45, 7) is 2.80. The third kappa shape index (κ3) is 6.29. The lowest BCUT2D eigenvalue weighted by Crippen LogP contribution is -2.12. The highest BCUT2D eigenvalue weighted by Crippen LogP contribution is 2.32. The third-order valence-electron chi connectivity index (χ3n) is 7.95. The molecule has 0 bridgehead atoms. The Morgan fingerprint density at radius 1 is 0.795 bits per heavy atom. The van der Waals surface area contributed by atoms with Crippen LogP contribution in [0.2, 0.25) is 0 Å². The van der Waals surface area contributed by atoms with Crippen LogP contribution in [0.3, 0.4) is 0 Å². The summed E-state index contributed by atoms with van der Waals surface area (Å²) < 4.78 is 13.7. The zero-order valence-electron chi connectivity index (χ0n) is 25.4. The predicted molar refractivity (Wildman–Crippen MR) is 171 cm³/mol. The smallest absolute Gasteiger partial charge is 0.200 e. The fraction of sp³-hybridized carbons (Fsp3) is 0.286. The molecule has 6 rings (SSSR count). The molecular formula is C35H37N7O2. The molecule has 0 saturated heterocycles. The second kappa shape index (κ2) is 13.7. The van der Waals surface area contributed by atoms with Crippen LogP contribution in [-0.2, 0) is 35.3 Å². The van der Waals surface area contributed by atoms with Gasteiger partial charge in [-0.2, -0.15) is 0 Å². The van der Waals surface area contributed by atoms with Crippen LogP contribution in [0.25, 0.3) is 33.7 Å². The Hall–Kier alpha value is -4.73. The molecule has 0 aliphatic heterocycles. The topological polar surface area (TPSA) is 104 Å². The van der Waals surface area contributed by atoms with Crippen LogP contribution in [0.4, 0.5) is 0 Å². The lowest BCUT2D eigenvalue weighted by molar-refractivity contribution is -0.109. The number of hydrogen-bond acceptors (Lipinski definition) is 7. The number of aryl methyl sites for hydroxylation is 3. The number of imidazole rings is 1. The first kappa shape index (κ1) is 29.3. The van der Waals surface area contributed by atoms with Crippen LogP contribution < -0.4 is 0 Å². The molecule has 0 fully saturated rings. The molecule has 6 aromatic rings. The minimum absolute atomic E-state index is 0.580. The van der Waals surface area contributed by atoms with Gasteiger partial charge >= 0.3 is 0 Å². The van der Waals surface area contributed by atoms with Crippen LogP contribution in [0.1, 0.15) is 54.3 Å². The number of aromatic nitrogens is 7. The number of aromatic amines is 1. The van der Waals surface area contributed by atoms with Crippen molar-refractivity contribution in [2.24, 2.45) is 0 Å². The summed E-state index contributed by atoms with van der Waals surface area (Å²) in [4.78, 5) is 10.3. The minimum Gasteiger partial charge on any atom is -0.350 e. The first-order chi connectivity index (χ1) is 21.7. The van der Waals surface area contributed by atoms with Crippen molar-refractivity contribution >= 4 is 11.2 Å². The van der Waals surface area contributed by atoms with Gasteiger partial charge in [0.15, 0.2) is 11.5 Å². The van der Waals surface area contributed by atoms with E-state index >= 15 is 0 Å². The maximum atomic E-state index is 5.73. The Labute approximate surface area is 257 Å². The number of pyridine rings is 1. The number of nitrogens with zero attached hydrogens (tertiary/aromatic N) is 6. The quantitative estimate of drug-likeness (QED) is 0.149. The minimum atomic E-state index is -0.580. The van der Waals surface area contributed by atoms with E-state index in [4.69, 9.17) is 19.4 Å². The number of H-pyrrole nitrogens is 1. The zero-order chi connectivity index (χ0) is 30.3. The normalized spacial score (nSPS) is 11.5. The number of nitrogens with one attached hydrogen (secondary N) is 1. The van der Waals surface area contributed by atoms with Crippen LogP contribution in [-0.4, -0.2) is 49.4 Å². The van der Waals surface area contributed by atoms with Crippen molar-refractivity contribution in [3.63, 3.8) is 0 Å². The zero-order valence-corrected chi connectivity index (χ0v) is 25.4. The molecule has 3 aromatic carbocycles. The number of benzene rings is 3. The van der Waals surface area contributed by atoms with Crippen molar-refractivity contribution in [3.05, 3.63) is 113 Å². The summed E-state index contributed by atoms with van der Waals surface area (Å²) in [5, 5.41) is 14.9. The summed E-state index contributed by atoms with van der Waals surface area (Å²) in [6.07, 6.45) is 4.09. The number of ether oxygens (including phenoxy) is 2. The molecule has 0 saturated carbocycles. The van der Waals surface area contributed by atoms with Crippen LogP contribution >= 0.6 is 0 Å². The fourth-order valence-electron chi connectivity index (χ4n) is 5.70. The average Bonchev–Trinajstić information content (AvgIpc) is 3.73. The molecule has 224 valence electrons. The summed E-state index contributed by atoms with van der Waals surface area (Å²) in [7, 11) is 3.30. The molecule has 0 atom stereocenters. The molecular weight excluding hydrogens is 550 g/mol. The van der Waals surface area contributed by atoms with E-state index < -0.39 is 6.29 Å². The maximum Gasteiger partial charge on any atom is 0.200 e. The van der Waals surface area contributed by atoms with E-state index in [2.05, 4.69) is 92.8 Å². The van der Waals surface area contributed by atoms with Gasteiger partial charge in [-0.25, -0.2) is 15.1 Å². The molecule has 44 heavy (non-hydrogen) atoms. The second-order valence-electron chi connectivity index (χ2n) is 10.9. The largest absolute Gasteiger partial charge is 0.350 e. The number of tetrazole rings is 1. The summed E-state index contributed by atoms with van der Waals surface area (Å²) >= 11 is 0. The Morgan fingerprint density at radius 3 is 2.27 bits per heavy atom. The van der Waals surface area contributed by atoms with Gasteiger partial charge in [-0.15, -0.1) is 5.10 Å². The van der Waals surface area contributed by atoms with Gasteiger partial charge in [0.25, 0.3) is 0 Å². The third-order valence-corrected chi connectivity index (χ3v) is 7.95. The fourth-order valence-corrected chi connectivity index (χ4v) is 5.70. The Balaban J connectivity index is 1.43. The van der Waals surface area contributed by atoms with Crippen molar-refractivity contribution in [2.75, 3.05) is 14.2 Å². The number of methoxy groups -OCH3 is 2. The van der Waals surface area contributed by atoms with Gasteiger partial charge in [-0.1, -0.05) is 86.1 Å². The van der Waals surface area contributed by atoms with Crippen LogP contribution in [0.5, 0.6) is 0 Å². The van der Waals surface area contributed by atoms with E-state index in [1.165, 1.54) is 5.56 Å². The molecule has 0 radical (unpaired) electrons. The highest BCUT2D eigenvalue weighted by molar-refractivity contribution is 5.81. The van der Waals surface area contributed by atoms with Gasteiger partial charge in [0, 0.05) is 26.2 Å². The summed E-state index contributed by atoms with van der Waals surface area (Å²) in [6, 6.07) is 29.4. The number of unbranched alkanes of at least 4 members (excludes halogenated alkanes) is 1. The lowest BCUT2D eigenvalue weighted by atomic mass is 9.97. The molecule has 0 amide bonds. The highest BCUT2D eigenvalue weighted by atomic mass is 16.7. The second-order valence-corrected chi connectivity index (χ2v) is 10.9. The van der Waals surface area contributed by atoms with Crippen LogP contribution in [0, 0.1) is 0 Å². The van der Waals surface area contributed by atoms with Gasteiger partial charge in [-0.3, -0.25) is 0 Å². The number of hydrogen-bond donors (Lipinski definition) is 1. The summed E-state index contributed by atoms with van der Waals surface area (Å²) in [5.41, 5.74) is 9.04. The van der Waals surface area contributed by atoms with E-state index in [-0.39, 0.29) is 0 Å². The maximum absolute atomic E-state index is 5.73. The molecule has 3 heterocycles. The van der Waals surface area contributed by atoms with Gasteiger partial charge in [0.05, 0.1) is 6.54 Å². The van der Waals surface area contributed by atoms with E-state index in [0.29, 0.717) is 12.4 Å². The van der Waals surface area contributed by atoms with Gasteiger partial charge in [0.2, 0.25) is 6.29 Å². The molecule has 0 aliphatic carbocycles. The van der Waals surface area contributed by atoms with E-state index in [1.54, 1.807) is 14.2 Å². The van der Waals surface area contributed by atoms with E-state index in [9.17, 15) is 0 Å². The Bertz CT molecular complexity index is 1800. The van der Waals surface area contributed by atoms with Crippen LogP contribution in [0.15, 0.2) is 84.9 Å². The first-order valence-electron chi connectivity index (χ1n) is 15.1. The molecule has 1 N–H and O–H groups in total. The van der Waals surface area contributed by atoms with Crippen molar-refractivity contribution in [2.45, 2.75) is 51.9 Å². The molecule has 3 aromatic heterocycles. The van der Waals surface area contributed by atoms with Gasteiger partial charge < -0.3 is 14.0 Å². The van der Waals surface area contributed by atoms with E-state index in [1.807, 2.05) is 24.3 Å². The summed E-state index contributed by atoms with van der Waals surface area (Å²) in [5.74, 6) is 1.64. The Morgan fingerprint density at radius 2 is 1.57 bits per heavy atom. The lowest BCUT2D eigenvalue weighted by Gasteiger charge is -2.18. The van der Waals surface area contributed by atoms with Crippen molar-refractivity contribution < 1.29 is 9.47 Å². The Kier molecular flexibility index (Phi) is 9.14. The monoisotopic (exact) mass is 587 g/mol.